The lowest BCUT2D eigenvalue weighted by molar-refractivity contribution is -0.156. The van der Waals surface area contributed by atoms with Crippen LogP contribution in [0.15, 0.2) is 30.3 Å². The molecule has 2 aliphatic heterocycles. The Balaban J connectivity index is 0.00000196. The van der Waals surface area contributed by atoms with E-state index in [-0.39, 0.29) is 36.3 Å². The number of benzene rings is 1. The van der Waals surface area contributed by atoms with E-state index in [1.54, 1.807) is 12.1 Å². The Morgan fingerprint density at radius 1 is 1.12 bits per heavy atom. The van der Waals surface area contributed by atoms with E-state index >= 15 is 0 Å². The summed E-state index contributed by atoms with van der Waals surface area (Å²) in [4.78, 5) is 27.5. The van der Waals surface area contributed by atoms with Gasteiger partial charge in [-0.3, -0.25) is 9.69 Å². The summed E-state index contributed by atoms with van der Waals surface area (Å²) in [6.45, 7) is 1.07. The number of hydrogen-bond acceptors (Lipinski definition) is 5. The molecule has 2 heterocycles. The van der Waals surface area contributed by atoms with E-state index in [1.165, 1.54) is 20.0 Å². The fourth-order valence-corrected chi connectivity index (χ4v) is 4.50. The van der Waals surface area contributed by atoms with Gasteiger partial charge in [0.1, 0.15) is 12.0 Å². The maximum atomic E-state index is 12.5. The van der Waals surface area contributed by atoms with Crippen LogP contribution in [-0.4, -0.2) is 48.7 Å². The number of methoxy groups -OCH3 is 1. The summed E-state index contributed by atoms with van der Waals surface area (Å²) >= 11 is 0. The highest BCUT2D eigenvalue weighted by atomic mass is 35.5. The van der Waals surface area contributed by atoms with E-state index in [4.69, 9.17) is 9.47 Å². The van der Waals surface area contributed by atoms with Gasteiger partial charge in [0.25, 0.3) is 0 Å². The minimum atomic E-state index is -0.395. The highest BCUT2D eigenvalue weighted by Crippen LogP contribution is 2.44. The largest absolute Gasteiger partial charge is 0.469 e. The average molecular weight is 380 g/mol. The molecule has 6 heteroatoms. The molecule has 4 atom stereocenters. The SMILES string of the molecule is COC(=O)C1C(OC(=O)c2ccccc2)CC2CCC1N2CC1CC1.Cl. The molecule has 4 unspecified atom stereocenters. The summed E-state index contributed by atoms with van der Waals surface area (Å²) in [5, 5.41) is 0. The van der Waals surface area contributed by atoms with Crippen molar-refractivity contribution in [1.82, 2.24) is 4.90 Å². The van der Waals surface area contributed by atoms with Gasteiger partial charge in [0.2, 0.25) is 0 Å². The first kappa shape index (κ1) is 19.2. The van der Waals surface area contributed by atoms with Crippen LogP contribution >= 0.6 is 12.4 Å². The Morgan fingerprint density at radius 3 is 2.50 bits per heavy atom. The van der Waals surface area contributed by atoms with Crippen LogP contribution in [-0.2, 0) is 14.3 Å². The van der Waals surface area contributed by atoms with Crippen molar-refractivity contribution in [3.63, 3.8) is 0 Å². The summed E-state index contributed by atoms with van der Waals surface area (Å²) in [5.74, 6) is -0.202. The molecule has 26 heavy (non-hydrogen) atoms. The van der Waals surface area contributed by atoms with Crippen LogP contribution in [0.1, 0.15) is 42.5 Å². The number of carbonyl (C=O) groups excluding carboxylic acids is 2. The van der Waals surface area contributed by atoms with Crippen LogP contribution < -0.4 is 0 Å². The van der Waals surface area contributed by atoms with Crippen molar-refractivity contribution >= 4 is 24.3 Å². The summed E-state index contributed by atoms with van der Waals surface area (Å²) in [7, 11) is 1.42. The Morgan fingerprint density at radius 2 is 1.85 bits per heavy atom. The van der Waals surface area contributed by atoms with Crippen molar-refractivity contribution in [2.45, 2.75) is 50.3 Å². The molecule has 1 saturated carbocycles. The number of esters is 2. The Hall–Kier alpha value is -1.59. The van der Waals surface area contributed by atoms with Crippen molar-refractivity contribution in [2.75, 3.05) is 13.7 Å². The standard InChI is InChI=1S/C20H25NO4.ClH/c1-24-20(23)18-16-10-9-15(21(16)12-13-7-8-13)11-17(18)25-19(22)14-5-3-2-4-6-14;/h2-6,13,15-18H,7-12H2,1H3;1H. The number of carbonyl (C=O) groups is 2. The smallest absolute Gasteiger partial charge is 0.338 e. The number of nitrogens with zero attached hydrogens (tertiary/aromatic N) is 1. The zero-order valence-corrected chi connectivity index (χ0v) is 15.8. The van der Waals surface area contributed by atoms with E-state index in [2.05, 4.69) is 4.90 Å². The average Bonchev–Trinajstić information content (AvgIpc) is 3.40. The molecule has 3 aliphatic rings. The minimum Gasteiger partial charge on any atom is -0.469 e. The summed E-state index contributed by atoms with van der Waals surface area (Å²) in [6, 6.07) is 9.54. The van der Waals surface area contributed by atoms with Crippen LogP contribution in [0.25, 0.3) is 0 Å². The maximum absolute atomic E-state index is 12.5. The topological polar surface area (TPSA) is 55.8 Å². The molecule has 0 N–H and O–H groups in total. The third-order valence-corrected chi connectivity index (χ3v) is 5.92. The predicted molar refractivity (Wildman–Crippen MR) is 99.3 cm³/mol. The molecular formula is C20H26ClNO4. The molecule has 1 aromatic carbocycles. The molecule has 2 bridgehead atoms. The molecule has 0 amide bonds. The van der Waals surface area contributed by atoms with Crippen LogP contribution in [0.5, 0.6) is 0 Å². The lowest BCUT2D eigenvalue weighted by atomic mass is 9.87. The van der Waals surface area contributed by atoms with E-state index in [1.807, 2.05) is 18.2 Å². The summed E-state index contributed by atoms with van der Waals surface area (Å²) < 4.78 is 10.9. The minimum absolute atomic E-state index is 0. The van der Waals surface area contributed by atoms with Crippen LogP contribution in [0.3, 0.4) is 0 Å². The first-order valence-electron chi connectivity index (χ1n) is 9.27. The van der Waals surface area contributed by atoms with Gasteiger partial charge in [0, 0.05) is 25.0 Å². The lowest BCUT2D eigenvalue weighted by Crippen LogP contribution is -2.55. The van der Waals surface area contributed by atoms with Gasteiger partial charge in [0.15, 0.2) is 0 Å². The van der Waals surface area contributed by atoms with Crippen molar-refractivity contribution < 1.29 is 19.1 Å². The molecule has 3 fully saturated rings. The third kappa shape index (κ3) is 3.74. The second kappa shape index (κ2) is 7.97. The number of hydrogen-bond donors (Lipinski definition) is 0. The molecule has 1 aromatic rings. The second-order valence-corrected chi connectivity index (χ2v) is 7.53. The molecule has 0 aromatic heterocycles. The monoisotopic (exact) mass is 379 g/mol. The van der Waals surface area contributed by atoms with Crippen molar-refractivity contribution in [2.24, 2.45) is 11.8 Å². The van der Waals surface area contributed by atoms with Crippen molar-refractivity contribution in [3.05, 3.63) is 35.9 Å². The summed E-state index contributed by atoms with van der Waals surface area (Å²) in [6.07, 6.45) is 4.98. The van der Waals surface area contributed by atoms with Gasteiger partial charge in [-0.2, -0.15) is 0 Å². The fourth-order valence-electron chi connectivity index (χ4n) is 4.50. The number of rotatable bonds is 5. The molecule has 142 valence electrons. The van der Waals surface area contributed by atoms with E-state index in [0.29, 0.717) is 11.6 Å². The van der Waals surface area contributed by atoms with Gasteiger partial charge >= 0.3 is 11.9 Å². The lowest BCUT2D eigenvalue weighted by Gasteiger charge is -2.42. The Labute approximate surface area is 160 Å². The van der Waals surface area contributed by atoms with Crippen LogP contribution in [0.2, 0.25) is 0 Å². The number of ether oxygens (including phenoxy) is 2. The maximum Gasteiger partial charge on any atom is 0.338 e. The molecule has 5 nitrogen and oxygen atoms in total. The molecule has 0 spiro atoms. The first-order chi connectivity index (χ1) is 12.2. The number of fused-ring (bicyclic) bond motifs is 2. The third-order valence-electron chi connectivity index (χ3n) is 5.92. The second-order valence-electron chi connectivity index (χ2n) is 7.53. The van der Waals surface area contributed by atoms with Crippen molar-refractivity contribution in [3.8, 4) is 0 Å². The highest BCUT2D eigenvalue weighted by molar-refractivity contribution is 5.89. The van der Waals surface area contributed by atoms with E-state index < -0.39 is 6.10 Å². The normalized spacial score (nSPS) is 30.3. The quantitative estimate of drug-likeness (QED) is 0.736. The molecular weight excluding hydrogens is 354 g/mol. The zero-order valence-electron chi connectivity index (χ0n) is 15.0. The molecule has 1 aliphatic carbocycles. The number of piperidine rings is 1. The van der Waals surface area contributed by atoms with Gasteiger partial charge in [-0.1, -0.05) is 18.2 Å². The fraction of sp³-hybridized carbons (Fsp3) is 0.600. The van der Waals surface area contributed by atoms with Gasteiger partial charge in [0.05, 0.1) is 12.7 Å². The molecule has 4 rings (SSSR count). The molecule has 0 radical (unpaired) electrons. The highest BCUT2D eigenvalue weighted by Gasteiger charge is 2.53. The van der Waals surface area contributed by atoms with Crippen molar-refractivity contribution in [1.29, 1.82) is 0 Å². The van der Waals surface area contributed by atoms with Crippen LogP contribution in [0.4, 0.5) is 0 Å². The Bertz CT molecular complexity index is 648. The molecule has 2 saturated heterocycles. The first-order valence-corrected chi connectivity index (χ1v) is 9.27. The van der Waals surface area contributed by atoms with Gasteiger partial charge in [-0.15, -0.1) is 12.4 Å². The van der Waals surface area contributed by atoms with E-state index in [0.717, 1.165) is 31.7 Å². The van der Waals surface area contributed by atoms with Gasteiger partial charge in [-0.25, -0.2) is 4.79 Å². The zero-order chi connectivity index (χ0) is 17.4. The predicted octanol–water partition coefficient (Wildman–Crippen LogP) is 3.07. The number of halogens is 1. The Kier molecular flexibility index (Phi) is 5.88. The van der Waals surface area contributed by atoms with Gasteiger partial charge < -0.3 is 9.47 Å². The van der Waals surface area contributed by atoms with Gasteiger partial charge in [-0.05, 0) is 43.7 Å². The summed E-state index contributed by atoms with van der Waals surface area (Å²) in [5.41, 5.74) is 0.527. The van der Waals surface area contributed by atoms with E-state index in [9.17, 15) is 9.59 Å². The van der Waals surface area contributed by atoms with Crippen LogP contribution in [0, 0.1) is 11.8 Å².